The Bertz CT molecular complexity index is 359. The molecule has 0 radical (unpaired) electrons. The molecule has 1 saturated heterocycles. The molecule has 0 spiro atoms. The van der Waals surface area contributed by atoms with E-state index in [1.165, 1.54) is 0 Å². The minimum atomic E-state index is -0.228. The smallest absolute Gasteiger partial charge is 0.145 e. The lowest BCUT2D eigenvalue weighted by molar-refractivity contribution is 0.445. The molecule has 0 saturated carbocycles. The Morgan fingerprint density at radius 3 is 2.67 bits per heavy atom. The van der Waals surface area contributed by atoms with E-state index in [2.05, 4.69) is 5.32 Å². The van der Waals surface area contributed by atoms with Gasteiger partial charge in [0.2, 0.25) is 0 Å². The highest BCUT2D eigenvalue weighted by Crippen LogP contribution is 2.31. The Kier molecular flexibility index (Phi) is 3.27. The summed E-state index contributed by atoms with van der Waals surface area (Å²) in [5, 5.41) is 3.53. The van der Waals surface area contributed by atoms with Gasteiger partial charge in [-0.1, -0.05) is 17.7 Å². The molecule has 0 aromatic heterocycles. The van der Waals surface area contributed by atoms with Crippen LogP contribution in [0.4, 0.5) is 4.39 Å². The lowest BCUT2D eigenvalue weighted by Gasteiger charge is -2.24. The van der Waals surface area contributed by atoms with Crippen LogP contribution in [0.1, 0.15) is 29.9 Å². The number of nitrogens with one attached hydrogen (secondary N) is 1. The van der Waals surface area contributed by atoms with E-state index in [9.17, 15) is 4.39 Å². The molecule has 0 unspecified atom stereocenters. The molecule has 1 N–H and O–H groups in total. The first kappa shape index (κ1) is 10.9. The lowest BCUT2D eigenvalue weighted by atomic mass is 9.89. The van der Waals surface area contributed by atoms with Gasteiger partial charge in [0, 0.05) is 0 Å². The number of aryl methyl sites for hydroxylation is 1. The predicted molar refractivity (Wildman–Crippen MR) is 61.0 cm³/mol. The average molecular weight is 228 g/mol. The number of benzene rings is 1. The Hall–Kier alpha value is -0.600. The van der Waals surface area contributed by atoms with Gasteiger partial charge >= 0.3 is 0 Å². The molecule has 0 bridgehead atoms. The van der Waals surface area contributed by atoms with Crippen LogP contribution in [0.15, 0.2) is 12.1 Å². The Labute approximate surface area is 94.6 Å². The topological polar surface area (TPSA) is 12.0 Å². The normalized spacial score (nSPS) is 18.1. The number of piperidine rings is 1. The van der Waals surface area contributed by atoms with E-state index in [0.29, 0.717) is 5.92 Å². The van der Waals surface area contributed by atoms with Crippen molar-refractivity contribution in [3.8, 4) is 0 Å². The minimum Gasteiger partial charge on any atom is -0.317 e. The van der Waals surface area contributed by atoms with Crippen LogP contribution < -0.4 is 5.32 Å². The van der Waals surface area contributed by atoms with Gasteiger partial charge in [-0.3, -0.25) is 0 Å². The molecule has 15 heavy (non-hydrogen) atoms. The molecule has 82 valence electrons. The predicted octanol–water partition coefficient (Wildman–Crippen LogP) is 3.25. The molecule has 0 amide bonds. The number of rotatable bonds is 1. The first-order chi connectivity index (χ1) is 7.18. The van der Waals surface area contributed by atoms with E-state index < -0.39 is 0 Å². The monoisotopic (exact) mass is 227 g/mol. The molecule has 1 fully saturated rings. The Balaban J connectivity index is 2.33. The maximum atomic E-state index is 13.8. The van der Waals surface area contributed by atoms with E-state index in [1.54, 1.807) is 6.07 Å². The summed E-state index contributed by atoms with van der Waals surface area (Å²) in [5.41, 5.74) is 1.83. The van der Waals surface area contributed by atoms with Crippen LogP contribution in [-0.2, 0) is 0 Å². The van der Waals surface area contributed by atoms with Crippen LogP contribution >= 0.6 is 11.6 Å². The van der Waals surface area contributed by atoms with Crippen LogP contribution in [0.25, 0.3) is 0 Å². The second kappa shape index (κ2) is 4.50. The second-order valence-electron chi connectivity index (χ2n) is 4.17. The molecule has 1 aromatic rings. The van der Waals surface area contributed by atoms with E-state index in [0.717, 1.165) is 37.1 Å². The number of hydrogen-bond acceptors (Lipinski definition) is 1. The molecule has 1 aliphatic heterocycles. The molecule has 2 rings (SSSR count). The van der Waals surface area contributed by atoms with Gasteiger partial charge in [-0.2, -0.15) is 0 Å². The first-order valence-corrected chi connectivity index (χ1v) is 5.72. The highest BCUT2D eigenvalue weighted by molar-refractivity contribution is 6.30. The van der Waals surface area contributed by atoms with Crippen LogP contribution in [0.2, 0.25) is 5.02 Å². The van der Waals surface area contributed by atoms with E-state index in [-0.39, 0.29) is 10.8 Å². The van der Waals surface area contributed by atoms with Crippen LogP contribution in [-0.4, -0.2) is 13.1 Å². The van der Waals surface area contributed by atoms with Crippen LogP contribution in [0.3, 0.4) is 0 Å². The summed E-state index contributed by atoms with van der Waals surface area (Å²) < 4.78 is 13.8. The molecule has 1 aliphatic rings. The zero-order chi connectivity index (χ0) is 10.8. The zero-order valence-corrected chi connectivity index (χ0v) is 9.57. The highest BCUT2D eigenvalue weighted by atomic mass is 35.5. The third kappa shape index (κ3) is 2.32. The Morgan fingerprint density at radius 1 is 1.33 bits per heavy atom. The van der Waals surface area contributed by atoms with Gasteiger partial charge in [-0.05, 0) is 56.0 Å². The van der Waals surface area contributed by atoms with Crippen molar-refractivity contribution in [3.63, 3.8) is 0 Å². The van der Waals surface area contributed by atoms with E-state index in [4.69, 9.17) is 11.6 Å². The molecule has 3 heteroatoms. The van der Waals surface area contributed by atoms with Crippen molar-refractivity contribution < 1.29 is 4.39 Å². The minimum absolute atomic E-state index is 0.228. The van der Waals surface area contributed by atoms with Crippen molar-refractivity contribution >= 4 is 11.6 Å². The summed E-state index contributed by atoms with van der Waals surface area (Å²) in [4.78, 5) is 0. The second-order valence-corrected chi connectivity index (χ2v) is 4.58. The van der Waals surface area contributed by atoms with Gasteiger partial charge in [-0.15, -0.1) is 0 Å². The third-order valence-corrected chi connectivity index (χ3v) is 3.25. The maximum absolute atomic E-state index is 13.8. The summed E-state index contributed by atoms with van der Waals surface area (Å²) in [6.07, 6.45) is 1.99. The SMILES string of the molecule is Cc1cc(Cl)c(F)c(C2CCNCC2)c1. The van der Waals surface area contributed by atoms with Gasteiger partial charge in [-0.25, -0.2) is 4.39 Å². The van der Waals surface area contributed by atoms with E-state index >= 15 is 0 Å². The van der Waals surface area contributed by atoms with Crippen molar-refractivity contribution in [1.29, 1.82) is 0 Å². The fraction of sp³-hybridized carbons (Fsp3) is 0.500. The van der Waals surface area contributed by atoms with Crippen molar-refractivity contribution in [2.24, 2.45) is 0 Å². The molecular formula is C12H15ClFN. The Morgan fingerprint density at radius 2 is 2.00 bits per heavy atom. The van der Waals surface area contributed by atoms with Crippen molar-refractivity contribution in [1.82, 2.24) is 5.32 Å². The standard InChI is InChI=1S/C12H15ClFN/c1-8-6-10(12(14)11(13)7-8)9-2-4-15-5-3-9/h6-7,9,15H,2-5H2,1H3. The number of halogens is 2. The summed E-state index contributed by atoms with van der Waals surface area (Å²) in [5.74, 6) is 0.0952. The summed E-state index contributed by atoms with van der Waals surface area (Å²) in [7, 11) is 0. The van der Waals surface area contributed by atoms with Gasteiger partial charge in [0.15, 0.2) is 0 Å². The summed E-state index contributed by atoms with van der Waals surface area (Å²) in [6, 6.07) is 3.61. The van der Waals surface area contributed by atoms with Crippen molar-refractivity contribution in [3.05, 3.63) is 34.1 Å². The summed E-state index contributed by atoms with van der Waals surface area (Å²) in [6.45, 7) is 3.89. The van der Waals surface area contributed by atoms with E-state index in [1.807, 2.05) is 13.0 Å². The maximum Gasteiger partial charge on any atom is 0.145 e. The molecule has 1 nitrogen and oxygen atoms in total. The van der Waals surface area contributed by atoms with Crippen molar-refractivity contribution in [2.75, 3.05) is 13.1 Å². The largest absolute Gasteiger partial charge is 0.317 e. The fourth-order valence-corrected chi connectivity index (χ4v) is 2.46. The quantitative estimate of drug-likeness (QED) is 0.777. The van der Waals surface area contributed by atoms with Crippen LogP contribution in [0.5, 0.6) is 0 Å². The number of hydrogen-bond donors (Lipinski definition) is 1. The highest BCUT2D eigenvalue weighted by Gasteiger charge is 2.20. The summed E-state index contributed by atoms with van der Waals surface area (Å²) >= 11 is 5.85. The molecule has 1 aromatic carbocycles. The van der Waals surface area contributed by atoms with Crippen LogP contribution in [0, 0.1) is 12.7 Å². The van der Waals surface area contributed by atoms with Gasteiger partial charge in [0.1, 0.15) is 5.82 Å². The van der Waals surface area contributed by atoms with Gasteiger partial charge in [0.25, 0.3) is 0 Å². The molecular weight excluding hydrogens is 213 g/mol. The fourth-order valence-electron chi connectivity index (χ4n) is 2.18. The van der Waals surface area contributed by atoms with Gasteiger partial charge < -0.3 is 5.32 Å². The first-order valence-electron chi connectivity index (χ1n) is 5.34. The molecule has 0 aliphatic carbocycles. The molecule has 0 atom stereocenters. The van der Waals surface area contributed by atoms with Gasteiger partial charge in [0.05, 0.1) is 5.02 Å². The zero-order valence-electron chi connectivity index (χ0n) is 8.82. The van der Waals surface area contributed by atoms with Crippen molar-refractivity contribution in [2.45, 2.75) is 25.7 Å². The third-order valence-electron chi connectivity index (χ3n) is 2.98. The lowest BCUT2D eigenvalue weighted by Crippen LogP contribution is -2.27. The average Bonchev–Trinajstić information content (AvgIpc) is 2.24. The molecule has 1 heterocycles.